The van der Waals surface area contributed by atoms with Gasteiger partial charge in [0.2, 0.25) is 15.9 Å². The molecule has 0 aliphatic carbocycles. The van der Waals surface area contributed by atoms with Gasteiger partial charge in [0.25, 0.3) is 0 Å². The van der Waals surface area contributed by atoms with Crippen LogP contribution in [0.4, 0.5) is 5.69 Å². The molecule has 2 aromatic carbocycles. The molecule has 2 rings (SSSR count). The van der Waals surface area contributed by atoms with E-state index in [0.717, 1.165) is 12.0 Å². The quantitative estimate of drug-likeness (QED) is 0.578. The largest absolute Gasteiger partial charge is 0.325 e. The van der Waals surface area contributed by atoms with E-state index in [2.05, 4.69) is 62.6 Å². The molecule has 0 saturated carbocycles. The van der Waals surface area contributed by atoms with E-state index in [1.807, 2.05) is 0 Å². The Hall–Kier alpha value is -2.22. The Kier molecular flexibility index (Phi) is 7.96. The molecule has 0 aliphatic heterocycles. The van der Waals surface area contributed by atoms with Gasteiger partial charge >= 0.3 is 0 Å². The molecule has 4 N–H and O–H groups in total. The molecule has 7 heteroatoms. The zero-order valence-corrected chi connectivity index (χ0v) is 18.3. The lowest BCUT2D eigenvalue weighted by atomic mass is 9.92. The maximum atomic E-state index is 12.3. The summed E-state index contributed by atoms with van der Waals surface area (Å²) in [6, 6.07) is 14.4. The number of carbonyl (C=O) groups is 1. The van der Waals surface area contributed by atoms with Gasteiger partial charge in [-0.1, -0.05) is 52.0 Å². The molecular weight excluding hydrogens is 386 g/mol. The second-order valence-corrected chi connectivity index (χ2v) is 9.26. The second kappa shape index (κ2) is 10.0. The number of rotatable bonds is 9. The molecule has 0 aliphatic rings. The van der Waals surface area contributed by atoms with E-state index in [-0.39, 0.29) is 23.4 Å². The number of hydrogen-bond acceptors (Lipinski definition) is 4. The van der Waals surface area contributed by atoms with Crippen molar-refractivity contribution in [1.29, 1.82) is 0 Å². The van der Waals surface area contributed by atoms with Crippen molar-refractivity contribution in [2.45, 2.75) is 51.0 Å². The molecule has 1 amide bonds. The number of primary sulfonamides is 1. The number of benzene rings is 2. The van der Waals surface area contributed by atoms with Crippen LogP contribution in [0.25, 0.3) is 0 Å². The van der Waals surface area contributed by atoms with E-state index in [0.29, 0.717) is 17.5 Å². The van der Waals surface area contributed by atoms with Gasteiger partial charge in [-0.3, -0.25) is 4.79 Å². The zero-order chi connectivity index (χ0) is 21.6. The summed E-state index contributed by atoms with van der Waals surface area (Å²) < 4.78 is 22.6. The van der Waals surface area contributed by atoms with Crippen LogP contribution in [0.1, 0.15) is 57.2 Å². The molecule has 2 atom stereocenters. The van der Waals surface area contributed by atoms with Gasteiger partial charge in [0.1, 0.15) is 0 Å². The predicted molar refractivity (Wildman–Crippen MR) is 117 cm³/mol. The smallest absolute Gasteiger partial charge is 0.238 e. The zero-order valence-electron chi connectivity index (χ0n) is 17.5. The van der Waals surface area contributed by atoms with E-state index in [1.165, 1.54) is 29.8 Å². The Bertz CT molecular complexity index is 907. The number of anilines is 1. The highest BCUT2D eigenvalue weighted by Crippen LogP contribution is 2.25. The summed E-state index contributed by atoms with van der Waals surface area (Å²) in [7, 11) is -3.75. The summed E-state index contributed by atoms with van der Waals surface area (Å²) in [5, 5.41) is 11.2. The number of carbonyl (C=O) groups excluding carboxylic acids is 1. The van der Waals surface area contributed by atoms with Crippen LogP contribution in [0.15, 0.2) is 53.4 Å². The Balaban J connectivity index is 1.98. The van der Waals surface area contributed by atoms with Crippen molar-refractivity contribution < 1.29 is 13.2 Å². The van der Waals surface area contributed by atoms with Crippen LogP contribution in [0.3, 0.4) is 0 Å². The Morgan fingerprint density at radius 3 is 2.00 bits per heavy atom. The van der Waals surface area contributed by atoms with Crippen LogP contribution in [0.5, 0.6) is 0 Å². The highest BCUT2D eigenvalue weighted by atomic mass is 32.2. The molecular formula is C22H31N3O3S. The average molecular weight is 418 g/mol. The van der Waals surface area contributed by atoms with Crippen molar-refractivity contribution >= 4 is 21.6 Å². The fraction of sp³-hybridized carbons (Fsp3) is 0.409. The summed E-state index contributed by atoms with van der Waals surface area (Å²) in [5.41, 5.74) is 2.99. The summed E-state index contributed by atoms with van der Waals surface area (Å²) >= 11 is 0. The summed E-state index contributed by atoms with van der Waals surface area (Å²) in [4.78, 5) is 12.3. The molecule has 0 unspecified atom stereocenters. The Morgan fingerprint density at radius 1 is 0.966 bits per heavy atom. The SMILES string of the molecule is CC[C@H](C)c1ccc([C@H](NCC(=O)Nc2ccc(S(N)(=O)=O)cc2)C(C)C)cc1. The molecule has 29 heavy (non-hydrogen) atoms. The number of sulfonamides is 1. The van der Waals surface area contributed by atoms with Crippen molar-refractivity contribution in [3.63, 3.8) is 0 Å². The number of nitrogens with one attached hydrogen (secondary N) is 2. The minimum absolute atomic E-state index is 0.00864. The van der Waals surface area contributed by atoms with Gasteiger partial charge in [-0.2, -0.15) is 0 Å². The van der Waals surface area contributed by atoms with Crippen molar-refractivity contribution in [3.05, 3.63) is 59.7 Å². The highest BCUT2D eigenvalue weighted by molar-refractivity contribution is 7.89. The lowest BCUT2D eigenvalue weighted by Crippen LogP contribution is -2.33. The van der Waals surface area contributed by atoms with Crippen molar-refractivity contribution in [3.8, 4) is 0 Å². The first kappa shape index (κ1) is 23.1. The van der Waals surface area contributed by atoms with Crippen LogP contribution in [0, 0.1) is 5.92 Å². The maximum Gasteiger partial charge on any atom is 0.238 e. The monoisotopic (exact) mass is 417 g/mol. The van der Waals surface area contributed by atoms with E-state index >= 15 is 0 Å². The number of amides is 1. The second-order valence-electron chi connectivity index (χ2n) is 7.70. The van der Waals surface area contributed by atoms with Crippen molar-refractivity contribution in [1.82, 2.24) is 5.32 Å². The highest BCUT2D eigenvalue weighted by Gasteiger charge is 2.17. The first-order valence-electron chi connectivity index (χ1n) is 9.87. The van der Waals surface area contributed by atoms with Crippen LogP contribution in [-0.2, 0) is 14.8 Å². The van der Waals surface area contributed by atoms with E-state index in [1.54, 1.807) is 0 Å². The molecule has 0 radical (unpaired) electrons. The van der Waals surface area contributed by atoms with Crippen molar-refractivity contribution in [2.24, 2.45) is 11.1 Å². The topological polar surface area (TPSA) is 101 Å². The fourth-order valence-corrected chi connectivity index (χ4v) is 3.66. The van der Waals surface area contributed by atoms with Gasteiger partial charge in [-0.05, 0) is 53.6 Å². The molecule has 158 valence electrons. The molecule has 0 spiro atoms. The minimum atomic E-state index is -3.75. The summed E-state index contributed by atoms with van der Waals surface area (Å²) in [6.07, 6.45) is 1.10. The van der Waals surface area contributed by atoms with Crippen molar-refractivity contribution in [2.75, 3.05) is 11.9 Å². The molecule has 0 heterocycles. The molecule has 0 fully saturated rings. The Morgan fingerprint density at radius 2 is 1.52 bits per heavy atom. The third-order valence-electron chi connectivity index (χ3n) is 5.09. The van der Waals surface area contributed by atoms with Crippen LogP contribution >= 0.6 is 0 Å². The van der Waals surface area contributed by atoms with Gasteiger partial charge in [-0.25, -0.2) is 13.6 Å². The number of hydrogen-bond donors (Lipinski definition) is 3. The maximum absolute atomic E-state index is 12.3. The van der Waals surface area contributed by atoms with Gasteiger partial charge in [0.05, 0.1) is 11.4 Å². The Labute approximate surface area is 173 Å². The normalized spacial score (nSPS) is 13.9. The summed E-state index contributed by atoms with van der Waals surface area (Å²) in [6.45, 7) is 8.77. The van der Waals surface area contributed by atoms with Gasteiger partial charge in [-0.15, -0.1) is 0 Å². The predicted octanol–water partition coefficient (Wildman–Crippen LogP) is 3.77. The van der Waals surface area contributed by atoms with Crippen LogP contribution in [-0.4, -0.2) is 20.9 Å². The average Bonchev–Trinajstić information content (AvgIpc) is 2.67. The van der Waals surface area contributed by atoms with Gasteiger partial charge in [0.15, 0.2) is 0 Å². The lowest BCUT2D eigenvalue weighted by Gasteiger charge is -2.23. The third-order valence-corrected chi connectivity index (χ3v) is 6.02. The first-order valence-corrected chi connectivity index (χ1v) is 11.4. The standard InChI is InChI=1S/C22H31N3O3S/c1-5-16(4)17-6-8-18(9-7-17)22(15(2)3)24-14-21(26)25-19-10-12-20(13-11-19)29(23,27)28/h6-13,15-16,22,24H,5,14H2,1-4H3,(H,25,26)(H2,23,27,28)/t16-,22+/m0/s1. The molecule has 2 aromatic rings. The summed E-state index contributed by atoms with van der Waals surface area (Å²) in [5.74, 6) is 0.641. The molecule has 6 nitrogen and oxygen atoms in total. The van der Waals surface area contributed by atoms with E-state index < -0.39 is 10.0 Å². The minimum Gasteiger partial charge on any atom is -0.325 e. The first-order chi connectivity index (χ1) is 13.6. The fourth-order valence-electron chi connectivity index (χ4n) is 3.14. The van der Waals surface area contributed by atoms with Crippen LogP contribution in [0.2, 0.25) is 0 Å². The van der Waals surface area contributed by atoms with E-state index in [4.69, 9.17) is 5.14 Å². The van der Waals surface area contributed by atoms with E-state index in [9.17, 15) is 13.2 Å². The van der Waals surface area contributed by atoms with Gasteiger partial charge < -0.3 is 10.6 Å². The van der Waals surface area contributed by atoms with Gasteiger partial charge in [0, 0.05) is 11.7 Å². The lowest BCUT2D eigenvalue weighted by molar-refractivity contribution is -0.115. The molecule has 0 saturated heterocycles. The molecule has 0 aromatic heterocycles. The third kappa shape index (κ3) is 6.66. The van der Waals surface area contributed by atoms with Crippen LogP contribution < -0.4 is 15.8 Å². The number of nitrogens with two attached hydrogens (primary N) is 1. The molecule has 0 bridgehead atoms.